The molecule has 1 aliphatic rings. The molecule has 0 fully saturated rings. The van der Waals surface area contributed by atoms with Gasteiger partial charge >= 0.3 is 6.61 Å². The highest BCUT2D eigenvalue weighted by Gasteiger charge is 2.34. The maximum Gasteiger partial charge on any atom is 0.387 e. The maximum atomic E-state index is 13.2. The number of carbonyl (C=O) groups excluding carboxylic acids is 1. The maximum absolute atomic E-state index is 13.2. The highest BCUT2D eigenvalue weighted by molar-refractivity contribution is 7.12. The van der Waals surface area contributed by atoms with E-state index < -0.39 is 6.61 Å². The Balaban J connectivity index is 1.46. The van der Waals surface area contributed by atoms with Gasteiger partial charge in [0.2, 0.25) is 0 Å². The van der Waals surface area contributed by atoms with Crippen LogP contribution in [0, 0.1) is 0 Å². The fourth-order valence-corrected chi connectivity index (χ4v) is 5.24. The second-order valence-corrected chi connectivity index (χ2v) is 9.46. The van der Waals surface area contributed by atoms with Gasteiger partial charge in [-0.1, -0.05) is 18.2 Å². The number of hydrogen-bond donors (Lipinski definition) is 0. The number of likely N-dealkylation sites (N-methyl/N-ethyl adjacent to an activating group) is 1. The Morgan fingerprint density at radius 1 is 1.21 bits per heavy atom. The molecule has 4 rings (SSSR count). The van der Waals surface area contributed by atoms with Gasteiger partial charge in [-0.25, -0.2) is 5.01 Å². The molecule has 1 unspecified atom stereocenters. The highest BCUT2D eigenvalue weighted by Crippen LogP contribution is 2.36. The summed E-state index contributed by atoms with van der Waals surface area (Å²) in [6, 6.07) is 12.6. The van der Waals surface area contributed by atoms with Crippen LogP contribution in [0.3, 0.4) is 0 Å². The molecule has 0 saturated heterocycles. The number of thiophene rings is 2. The van der Waals surface area contributed by atoms with E-state index in [1.54, 1.807) is 39.8 Å². The first-order chi connectivity index (χ1) is 15.9. The number of ether oxygens (including phenoxy) is 2. The van der Waals surface area contributed by atoms with Crippen LogP contribution in [0.2, 0.25) is 0 Å². The zero-order valence-corrected chi connectivity index (χ0v) is 19.7. The molecule has 33 heavy (non-hydrogen) atoms. The summed E-state index contributed by atoms with van der Waals surface area (Å²) in [4.78, 5) is 17.2. The molecule has 3 aromatic rings. The van der Waals surface area contributed by atoms with E-state index in [1.165, 1.54) is 13.2 Å². The van der Waals surface area contributed by atoms with Crippen molar-refractivity contribution < 1.29 is 23.0 Å². The summed E-state index contributed by atoms with van der Waals surface area (Å²) in [5, 5.41) is 10.3. The lowest BCUT2D eigenvalue weighted by Crippen LogP contribution is -2.36. The molecular weight excluding hydrogens is 468 g/mol. The van der Waals surface area contributed by atoms with Crippen LogP contribution in [0.15, 0.2) is 58.3 Å². The molecule has 1 aromatic carbocycles. The summed E-state index contributed by atoms with van der Waals surface area (Å²) < 4.78 is 34.7. The average molecular weight is 492 g/mol. The molecule has 0 saturated carbocycles. The molecule has 1 aliphatic heterocycles. The molecule has 0 aliphatic carbocycles. The van der Waals surface area contributed by atoms with Gasteiger partial charge in [0.15, 0.2) is 11.5 Å². The fraction of sp³-hybridized carbons (Fsp3) is 0.304. The van der Waals surface area contributed by atoms with E-state index in [4.69, 9.17) is 4.74 Å². The van der Waals surface area contributed by atoms with Gasteiger partial charge in [0.1, 0.15) is 0 Å². The minimum absolute atomic E-state index is 0.0266. The van der Waals surface area contributed by atoms with Crippen molar-refractivity contribution in [3.05, 3.63) is 68.5 Å². The van der Waals surface area contributed by atoms with E-state index in [0.717, 1.165) is 21.0 Å². The average Bonchev–Trinajstić information content (AvgIpc) is 3.54. The molecule has 0 N–H and O–H groups in total. The van der Waals surface area contributed by atoms with E-state index in [0.29, 0.717) is 13.0 Å². The van der Waals surface area contributed by atoms with Crippen LogP contribution in [0.5, 0.6) is 11.5 Å². The van der Waals surface area contributed by atoms with Gasteiger partial charge in [-0.15, -0.1) is 22.7 Å². The van der Waals surface area contributed by atoms with Crippen molar-refractivity contribution in [2.75, 3.05) is 20.7 Å². The minimum atomic E-state index is -2.93. The molecule has 0 bridgehead atoms. The van der Waals surface area contributed by atoms with Gasteiger partial charge in [-0.2, -0.15) is 13.9 Å². The highest BCUT2D eigenvalue weighted by atomic mass is 32.1. The van der Waals surface area contributed by atoms with E-state index in [2.05, 4.69) is 9.84 Å². The number of hydrogen-bond acceptors (Lipinski definition) is 7. The number of alkyl halides is 2. The molecule has 0 spiro atoms. The lowest BCUT2D eigenvalue weighted by molar-refractivity contribution is -0.134. The van der Waals surface area contributed by atoms with Gasteiger partial charge in [0, 0.05) is 17.8 Å². The Labute approximate surface area is 198 Å². The van der Waals surface area contributed by atoms with Crippen molar-refractivity contribution >= 4 is 34.3 Å². The molecule has 6 nitrogen and oxygen atoms in total. The molecule has 3 heterocycles. The first-order valence-electron chi connectivity index (χ1n) is 10.2. The molecule has 2 aromatic heterocycles. The van der Waals surface area contributed by atoms with Crippen molar-refractivity contribution in [1.29, 1.82) is 0 Å². The van der Waals surface area contributed by atoms with Gasteiger partial charge < -0.3 is 9.47 Å². The second-order valence-electron chi connectivity index (χ2n) is 7.53. The number of methoxy groups -OCH3 is 1. The normalized spacial score (nSPS) is 15.9. The van der Waals surface area contributed by atoms with Gasteiger partial charge in [-0.3, -0.25) is 9.69 Å². The third kappa shape index (κ3) is 5.58. The minimum Gasteiger partial charge on any atom is -0.493 e. The summed E-state index contributed by atoms with van der Waals surface area (Å²) in [5.74, 6) is 0.0865. The first-order valence-corrected chi connectivity index (χ1v) is 12.0. The summed E-state index contributed by atoms with van der Waals surface area (Å²) >= 11 is 3.23. The lowest BCUT2D eigenvalue weighted by atomic mass is 10.1. The van der Waals surface area contributed by atoms with Crippen LogP contribution in [0.1, 0.15) is 27.8 Å². The fourth-order valence-electron chi connectivity index (χ4n) is 3.71. The predicted octanol–water partition coefficient (Wildman–Crippen LogP) is 5.23. The quantitative estimate of drug-likeness (QED) is 0.411. The topological polar surface area (TPSA) is 54.4 Å². The number of nitrogens with zero attached hydrogens (tertiary/aromatic N) is 3. The Morgan fingerprint density at radius 2 is 2.00 bits per heavy atom. The van der Waals surface area contributed by atoms with Crippen LogP contribution < -0.4 is 9.47 Å². The summed E-state index contributed by atoms with van der Waals surface area (Å²) in [5.41, 5.74) is 1.72. The van der Waals surface area contributed by atoms with E-state index in [-0.39, 0.29) is 30.0 Å². The number of amides is 1. The Kier molecular flexibility index (Phi) is 7.36. The molecular formula is C23H23F2N3O3S2. The smallest absolute Gasteiger partial charge is 0.387 e. The molecule has 0 radical (unpaired) electrons. The van der Waals surface area contributed by atoms with Crippen LogP contribution in [-0.2, 0) is 11.3 Å². The van der Waals surface area contributed by atoms with Crippen molar-refractivity contribution in [1.82, 2.24) is 9.91 Å². The standard InChI is InChI=1S/C23H23F2N3O3S2/c1-27(13-15-7-8-18(31-23(24)25)19(11-15)30-2)14-22(29)28-17(21-6-4-10-33-21)12-16(26-28)20-5-3-9-32-20/h3-11,17,23H,12-14H2,1-2H3. The zero-order chi connectivity index (χ0) is 23.4. The van der Waals surface area contributed by atoms with Gasteiger partial charge in [0.25, 0.3) is 5.91 Å². The zero-order valence-electron chi connectivity index (χ0n) is 18.1. The van der Waals surface area contributed by atoms with Crippen molar-refractivity contribution in [3.63, 3.8) is 0 Å². The third-order valence-corrected chi connectivity index (χ3v) is 7.04. The number of benzene rings is 1. The van der Waals surface area contributed by atoms with Gasteiger partial charge in [-0.05, 0) is 47.6 Å². The summed E-state index contributed by atoms with van der Waals surface area (Å²) in [6.45, 7) is -2.35. The van der Waals surface area contributed by atoms with Crippen LogP contribution >= 0.6 is 22.7 Å². The van der Waals surface area contributed by atoms with E-state index in [9.17, 15) is 13.6 Å². The Morgan fingerprint density at radius 3 is 2.67 bits per heavy atom. The predicted molar refractivity (Wildman–Crippen MR) is 125 cm³/mol. The summed E-state index contributed by atoms with van der Waals surface area (Å²) in [7, 11) is 3.22. The van der Waals surface area contributed by atoms with Crippen molar-refractivity contribution in [3.8, 4) is 11.5 Å². The molecule has 10 heteroatoms. The Bertz CT molecular complexity index is 1100. The van der Waals surface area contributed by atoms with Crippen LogP contribution in [0.4, 0.5) is 8.78 Å². The number of hydrazone groups is 1. The van der Waals surface area contributed by atoms with Crippen molar-refractivity contribution in [2.24, 2.45) is 5.10 Å². The third-order valence-electron chi connectivity index (χ3n) is 5.14. The SMILES string of the molecule is COc1cc(CN(C)CC(=O)N2N=C(c3cccs3)CC2c2cccs2)ccc1OC(F)F. The Hall–Kier alpha value is -2.82. The molecule has 1 atom stereocenters. The van der Waals surface area contributed by atoms with Crippen molar-refractivity contribution in [2.45, 2.75) is 25.6 Å². The van der Waals surface area contributed by atoms with E-state index in [1.807, 2.05) is 47.0 Å². The molecule has 174 valence electrons. The number of carbonyl (C=O) groups is 1. The summed E-state index contributed by atoms with van der Waals surface area (Å²) in [6.07, 6.45) is 0.680. The molecule has 1 amide bonds. The monoisotopic (exact) mass is 491 g/mol. The number of rotatable bonds is 9. The number of halogens is 2. The van der Waals surface area contributed by atoms with Crippen LogP contribution in [-0.4, -0.2) is 48.8 Å². The van der Waals surface area contributed by atoms with E-state index >= 15 is 0 Å². The largest absolute Gasteiger partial charge is 0.493 e. The van der Waals surface area contributed by atoms with Gasteiger partial charge in [0.05, 0.1) is 30.3 Å². The second kappa shape index (κ2) is 10.4. The van der Waals surface area contributed by atoms with Crippen LogP contribution in [0.25, 0.3) is 0 Å². The first kappa shape index (κ1) is 23.3. The lowest BCUT2D eigenvalue weighted by Gasteiger charge is -2.24.